The van der Waals surface area contributed by atoms with E-state index in [1.807, 2.05) is 33.8 Å². The van der Waals surface area contributed by atoms with Gasteiger partial charge in [0.25, 0.3) is 0 Å². The molecule has 8 heteroatoms. The van der Waals surface area contributed by atoms with Crippen molar-refractivity contribution in [1.29, 1.82) is 0 Å². The second-order valence-corrected chi connectivity index (χ2v) is 9.40. The molecule has 0 bridgehead atoms. The number of aryl methyl sites for hydroxylation is 3. The van der Waals surface area contributed by atoms with Crippen molar-refractivity contribution in [3.8, 4) is 0 Å². The molecule has 0 aliphatic rings. The van der Waals surface area contributed by atoms with E-state index >= 15 is 0 Å². The van der Waals surface area contributed by atoms with E-state index in [9.17, 15) is 17.6 Å². The van der Waals surface area contributed by atoms with Crippen LogP contribution in [0.1, 0.15) is 35.2 Å². The Kier molecular flexibility index (Phi) is 7.02. The number of carbonyl (C=O) groups is 1. The molecule has 1 N–H and O–H groups in total. The number of benzene rings is 2. The molecule has 1 amide bonds. The number of anilines is 1. The number of para-hydroxylation sites is 1. The highest BCUT2D eigenvalue weighted by molar-refractivity contribution is 7.90. The summed E-state index contributed by atoms with van der Waals surface area (Å²) in [5, 5.41) is 2.83. The molecule has 0 spiro atoms. The van der Waals surface area contributed by atoms with Crippen LogP contribution in [-0.2, 0) is 15.0 Å². The van der Waals surface area contributed by atoms with Crippen molar-refractivity contribution >= 4 is 21.8 Å². The van der Waals surface area contributed by atoms with E-state index < -0.39 is 28.5 Å². The number of hydrogen-bond donors (Lipinski definition) is 1. The van der Waals surface area contributed by atoms with Crippen molar-refractivity contribution in [3.63, 3.8) is 0 Å². The van der Waals surface area contributed by atoms with Gasteiger partial charge in [-0.2, -0.15) is 12.7 Å². The first-order chi connectivity index (χ1) is 13.4. The lowest BCUT2D eigenvalue weighted by Crippen LogP contribution is -2.46. The largest absolute Gasteiger partial charge is 0.348 e. The summed E-state index contributed by atoms with van der Waals surface area (Å²) in [7, 11) is -1.39. The molecule has 2 aromatic carbocycles. The first kappa shape index (κ1) is 22.8. The second kappa shape index (κ2) is 8.92. The van der Waals surface area contributed by atoms with Crippen LogP contribution < -0.4 is 9.62 Å². The zero-order valence-corrected chi connectivity index (χ0v) is 18.5. The van der Waals surface area contributed by atoms with Gasteiger partial charge in [-0.1, -0.05) is 24.3 Å². The number of halogens is 1. The zero-order chi connectivity index (χ0) is 21.9. The lowest BCUT2D eigenvalue weighted by Gasteiger charge is -2.28. The lowest BCUT2D eigenvalue weighted by atomic mass is 9.96. The molecule has 0 heterocycles. The average Bonchev–Trinajstić information content (AvgIpc) is 2.63. The van der Waals surface area contributed by atoms with Gasteiger partial charge in [0.05, 0.1) is 11.7 Å². The van der Waals surface area contributed by atoms with Crippen molar-refractivity contribution in [3.05, 3.63) is 64.5 Å². The number of nitrogens with zero attached hydrogens (tertiary/aromatic N) is 2. The first-order valence-electron chi connectivity index (χ1n) is 9.27. The van der Waals surface area contributed by atoms with E-state index in [1.165, 1.54) is 32.3 Å². The van der Waals surface area contributed by atoms with Crippen LogP contribution in [0.2, 0.25) is 0 Å². The predicted molar refractivity (Wildman–Crippen MR) is 114 cm³/mol. The molecule has 0 saturated carbocycles. The molecular weight excluding hydrogens is 393 g/mol. The van der Waals surface area contributed by atoms with Crippen molar-refractivity contribution < 1.29 is 17.6 Å². The van der Waals surface area contributed by atoms with Crippen molar-refractivity contribution in [2.75, 3.05) is 24.9 Å². The summed E-state index contributed by atoms with van der Waals surface area (Å²) in [6.07, 6.45) is 0. The monoisotopic (exact) mass is 421 g/mol. The summed E-state index contributed by atoms with van der Waals surface area (Å²) in [6, 6.07) is 9.22. The highest BCUT2D eigenvalue weighted by atomic mass is 32.2. The first-order valence-corrected chi connectivity index (χ1v) is 10.7. The van der Waals surface area contributed by atoms with Gasteiger partial charge in [-0.15, -0.1) is 0 Å². The summed E-state index contributed by atoms with van der Waals surface area (Å²) in [5.74, 6) is -1.24. The number of nitrogens with one attached hydrogen (secondary N) is 1. The Morgan fingerprint density at radius 2 is 1.66 bits per heavy atom. The van der Waals surface area contributed by atoms with Gasteiger partial charge < -0.3 is 5.32 Å². The van der Waals surface area contributed by atoms with Crippen molar-refractivity contribution in [2.24, 2.45) is 0 Å². The zero-order valence-electron chi connectivity index (χ0n) is 17.7. The van der Waals surface area contributed by atoms with Gasteiger partial charge in [0.1, 0.15) is 12.4 Å². The van der Waals surface area contributed by atoms with Gasteiger partial charge >= 0.3 is 10.2 Å². The Labute approximate surface area is 172 Å². The molecule has 29 heavy (non-hydrogen) atoms. The van der Waals surface area contributed by atoms with E-state index in [1.54, 1.807) is 0 Å². The minimum atomic E-state index is -4.06. The van der Waals surface area contributed by atoms with Crippen LogP contribution in [0.15, 0.2) is 36.4 Å². The summed E-state index contributed by atoms with van der Waals surface area (Å²) >= 11 is 0. The molecule has 0 unspecified atom stereocenters. The fourth-order valence-electron chi connectivity index (χ4n) is 3.09. The smallest absolute Gasteiger partial charge is 0.304 e. The fraction of sp³-hybridized carbons (Fsp3) is 0.381. The summed E-state index contributed by atoms with van der Waals surface area (Å²) in [4.78, 5) is 12.7. The third kappa shape index (κ3) is 5.13. The van der Waals surface area contributed by atoms with Gasteiger partial charge in [0.15, 0.2) is 0 Å². The molecule has 2 aromatic rings. The van der Waals surface area contributed by atoms with E-state index in [2.05, 4.69) is 11.4 Å². The maximum Gasteiger partial charge on any atom is 0.304 e. The van der Waals surface area contributed by atoms with Crippen LogP contribution in [0.25, 0.3) is 0 Å². The Balaban J connectivity index is 2.29. The summed E-state index contributed by atoms with van der Waals surface area (Å²) in [6.45, 7) is 7.29. The molecular formula is C21H28FN3O3S. The van der Waals surface area contributed by atoms with E-state index in [-0.39, 0.29) is 11.7 Å². The topological polar surface area (TPSA) is 69.7 Å². The van der Waals surface area contributed by atoms with Crippen LogP contribution in [0, 0.1) is 26.6 Å². The quantitative estimate of drug-likeness (QED) is 0.746. The Morgan fingerprint density at radius 3 is 2.24 bits per heavy atom. The highest BCUT2D eigenvalue weighted by Crippen LogP contribution is 2.24. The molecule has 0 radical (unpaired) electrons. The Hall–Kier alpha value is -2.45. The van der Waals surface area contributed by atoms with Gasteiger partial charge in [-0.3, -0.25) is 4.79 Å². The van der Waals surface area contributed by atoms with Gasteiger partial charge in [0, 0.05) is 14.1 Å². The molecule has 0 saturated heterocycles. The Morgan fingerprint density at radius 1 is 1.07 bits per heavy atom. The summed E-state index contributed by atoms with van der Waals surface area (Å²) in [5.41, 5.74) is 4.08. The van der Waals surface area contributed by atoms with Gasteiger partial charge in [-0.25, -0.2) is 8.70 Å². The van der Waals surface area contributed by atoms with Crippen LogP contribution in [-0.4, -0.2) is 39.3 Å². The second-order valence-electron chi connectivity index (χ2n) is 7.33. The molecule has 158 valence electrons. The summed E-state index contributed by atoms with van der Waals surface area (Å²) < 4.78 is 41.4. The van der Waals surface area contributed by atoms with E-state index in [0.717, 1.165) is 36.9 Å². The molecule has 1 atom stereocenters. The standard InChI is InChI=1S/C21H28FN3O3S/c1-14-11-16(3)18(12-15(14)2)17(4)23-21(26)13-25(29(27,28)24(5)6)20-10-8-7-9-19(20)22/h7-12,17H,13H2,1-6H3,(H,23,26)/t17-/m1/s1. The molecule has 0 fully saturated rings. The fourth-order valence-corrected chi connectivity index (χ4v) is 4.16. The van der Waals surface area contributed by atoms with Crippen LogP contribution >= 0.6 is 0 Å². The lowest BCUT2D eigenvalue weighted by molar-refractivity contribution is -0.120. The predicted octanol–water partition coefficient (Wildman–Crippen LogP) is 3.24. The maximum absolute atomic E-state index is 14.3. The van der Waals surface area contributed by atoms with E-state index in [4.69, 9.17) is 0 Å². The normalized spacial score (nSPS) is 12.7. The molecule has 0 aromatic heterocycles. The molecule has 6 nitrogen and oxygen atoms in total. The van der Waals surface area contributed by atoms with Crippen LogP contribution in [0.3, 0.4) is 0 Å². The number of rotatable bonds is 7. The molecule has 0 aliphatic heterocycles. The highest BCUT2D eigenvalue weighted by Gasteiger charge is 2.29. The average molecular weight is 422 g/mol. The minimum Gasteiger partial charge on any atom is -0.348 e. The number of carbonyl (C=O) groups excluding carboxylic acids is 1. The number of hydrogen-bond acceptors (Lipinski definition) is 3. The van der Waals surface area contributed by atoms with Crippen LogP contribution in [0.4, 0.5) is 10.1 Å². The maximum atomic E-state index is 14.3. The third-order valence-electron chi connectivity index (χ3n) is 4.87. The van der Waals surface area contributed by atoms with Gasteiger partial charge in [0.2, 0.25) is 5.91 Å². The minimum absolute atomic E-state index is 0.175. The molecule has 0 aliphatic carbocycles. The third-order valence-corrected chi connectivity index (χ3v) is 6.68. The SMILES string of the molecule is Cc1cc(C)c([C@@H](C)NC(=O)CN(c2ccccc2F)S(=O)(=O)N(C)C)cc1C. The Bertz CT molecular complexity index is 1010. The van der Waals surface area contributed by atoms with Crippen molar-refractivity contribution in [1.82, 2.24) is 9.62 Å². The van der Waals surface area contributed by atoms with E-state index in [0.29, 0.717) is 0 Å². The van der Waals surface area contributed by atoms with Gasteiger partial charge in [-0.05, 0) is 62.1 Å². The van der Waals surface area contributed by atoms with Crippen molar-refractivity contribution in [2.45, 2.75) is 33.7 Å². The molecule has 2 rings (SSSR count). The number of amides is 1. The van der Waals surface area contributed by atoms with Crippen LogP contribution in [0.5, 0.6) is 0 Å².